The van der Waals surface area contributed by atoms with Crippen LogP contribution in [0.2, 0.25) is 0 Å². The molecular formula is C10H9F3O. The van der Waals surface area contributed by atoms with Gasteiger partial charge in [-0.05, 0) is 17.7 Å². The molecule has 0 aliphatic rings. The summed E-state index contributed by atoms with van der Waals surface area (Å²) in [4.78, 5) is 0. The van der Waals surface area contributed by atoms with Crippen molar-refractivity contribution in [3.8, 4) is 0 Å². The first-order valence-corrected chi connectivity index (χ1v) is 3.98. The first kappa shape index (κ1) is 10.8. The van der Waals surface area contributed by atoms with Crippen molar-refractivity contribution in [1.29, 1.82) is 0 Å². The molecule has 76 valence electrons. The van der Waals surface area contributed by atoms with Gasteiger partial charge < -0.3 is 5.11 Å². The maximum atomic E-state index is 12.2. The quantitative estimate of drug-likeness (QED) is 0.781. The van der Waals surface area contributed by atoms with Gasteiger partial charge in [-0.15, -0.1) is 0 Å². The molecule has 0 atom stereocenters. The molecule has 0 aliphatic carbocycles. The maximum absolute atomic E-state index is 12.2. The molecule has 1 rings (SSSR count). The van der Waals surface area contributed by atoms with E-state index in [9.17, 15) is 13.2 Å². The lowest BCUT2D eigenvalue weighted by molar-refractivity contribution is -0.137. The fourth-order valence-corrected chi connectivity index (χ4v) is 1.01. The predicted molar refractivity (Wildman–Crippen MR) is 47.6 cm³/mol. The van der Waals surface area contributed by atoms with Crippen LogP contribution >= 0.6 is 0 Å². The molecule has 0 radical (unpaired) electrons. The first-order chi connectivity index (χ1) is 6.54. The minimum Gasteiger partial charge on any atom is -0.392 e. The standard InChI is InChI=1S/C10H9F3O/c11-10(12,13)9-5-1-3-8(7-9)4-2-6-14/h1-5,7,14H,6H2/b4-2-. The van der Waals surface area contributed by atoms with Crippen molar-refractivity contribution in [2.75, 3.05) is 6.61 Å². The second-order valence-electron chi connectivity index (χ2n) is 2.71. The molecule has 0 saturated heterocycles. The van der Waals surface area contributed by atoms with Crippen LogP contribution in [0.3, 0.4) is 0 Å². The molecule has 14 heavy (non-hydrogen) atoms. The maximum Gasteiger partial charge on any atom is 0.416 e. The van der Waals surface area contributed by atoms with E-state index in [-0.39, 0.29) is 6.61 Å². The largest absolute Gasteiger partial charge is 0.416 e. The average molecular weight is 202 g/mol. The molecule has 1 nitrogen and oxygen atoms in total. The summed E-state index contributed by atoms with van der Waals surface area (Å²) in [6.07, 6.45) is -1.49. The normalized spacial score (nSPS) is 12.3. The third kappa shape index (κ3) is 2.88. The Hall–Kier alpha value is -1.29. The Labute approximate surface area is 79.5 Å². The van der Waals surface area contributed by atoms with Crippen molar-refractivity contribution < 1.29 is 18.3 Å². The molecule has 0 fully saturated rings. The van der Waals surface area contributed by atoms with Gasteiger partial charge in [0, 0.05) is 0 Å². The van der Waals surface area contributed by atoms with Crippen LogP contribution in [0.4, 0.5) is 13.2 Å². The van der Waals surface area contributed by atoms with Crippen molar-refractivity contribution in [2.45, 2.75) is 6.18 Å². The lowest BCUT2D eigenvalue weighted by atomic mass is 10.1. The number of hydrogen-bond donors (Lipinski definition) is 1. The smallest absolute Gasteiger partial charge is 0.392 e. The van der Waals surface area contributed by atoms with Crippen molar-refractivity contribution in [3.63, 3.8) is 0 Å². The summed E-state index contributed by atoms with van der Waals surface area (Å²) in [6, 6.07) is 4.92. The van der Waals surface area contributed by atoms with Crippen LogP contribution in [-0.4, -0.2) is 11.7 Å². The van der Waals surface area contributed by atoms with Crippen LogP contribution in [0.1, 0.15) is 11.1 Å². The molecular weight excluding hydrogens is 193 g/mol. The highest BCUT2D eigenvalue weighted by Gasteiger charge is 2.30. The molecule has 4 heteroatoms. The summed E-state index contributed by atoms with van der Waals surface area (Å²) in [7, 11) is 0. The van der Waals surface area contributed by atoms with Gasteiger partial charge in [0.25, 0.3) is 0 Å². The number of halogens is 3. The average Bonchev–Trinajstić information content (AvgIpc) is 2.14. The van der Waals surface area contributed by atoms with Gasteiger partial charge in [-0.25, -0.2) is 0 Å². The van der Waals surface area contributed by atoms with Gasteiger partial charge in [0.1, 0.15) is 0 Å². The van der Waals surface area contributed by atoms with E-state index in [1.807, 2.05) is 0 Å². The third-order valence-corrected chi connectivity index (χ3v) is 1.63. The Kier molecular flexibility index (Phi) is 3.30. The molecule has 0 heterocycles. The first-order valence-electron chi connectivity index (χ1n) is 3.98. The summed E-state index contributed by atoms with van der Waals surface area (Å²) < 4.78 is 36.6. The van der Waals surface area contributed by atoms with Crippen molar-refractivity contribution in [2.24, 2.45) is 0 Å². The van der Waals surface area contributed by atoms with Crippen molar-refractivity contribution in [1.82, 2.24) is 0 Å². The van der Waals surface area contributed by atoms with E-state index in [0.29, 0.717) is 5.56 Å². The lowest BCUT2D eigenvalue weighted by Crippen LogP contribution is -2.04. The van der Waals surface area contributed by atoms with Gasteiger partial charge >= 0.3 is 6.18 Å². The van der Waals surface area contributed by atoms with E-state index in [2.05, 4.69) is 0 Å². The summed E-state index contributed by atoms with van der Waals surface area (Å²) in [5.74, 6) is 0. The minimum absolute atomic E-state index is 0.184. The summed E-state index contributed by atoms with van der Waals surface area (Å²) in [5, 5.41) is 8.45. The van der Waals surface area contributed by atoms with Crippen LogP contribution in [-0.2, 0) is 6.18 Å². The summed E-state index contributed by atoms with van der Waals surface area (Å²) in [5.41, 5.74) is -0.258. The molecule has 1 aromatic carbocycles. The van der Waals surface area contributed by atoms with Gasteiger partial charge in [0.15, 0.2) is 0 Å². The van der Waals surface area contributed by atoms with E-state index in [1.165, 1.54) is 18.2 Å². The van der Waals surface area contributed by atoms with Crippen LogP contribution in [0, 0.1) is 0 Å². The Bertz CT molecular complexity index is 328. The lowest BCUT2D eigenvalue weighted by Gasteiger charge is -2.06. The summed E-state index contributed by atoms with van der Waals surface area (Å²) >= 11 is 0. The molecule has 1 N–H and O–H groups in total. The van der Waals surface area contributed by atoms with Crippen LogP contribution in [0.25, 0.3) is 6.08 Å². The molecule has 0 unspecified atom stereocenters. The van der Waals surface area contributed by atoms with Crippen molar-refractivity contribution in [3.05, 3.63) is 41.5 Å². The molecule has 0 aliphatic heterocycles. The third-order valence-electron chi connectivity index (χ3n) is 1.63. The van der Waals surface area contributed by atoms with Crippen LogP contribution in [0.5, 0.6) is 0 Å². The second kappa shape index (κ2) is 4.28. The van der Waals surface area contributed by atoms with Gasteiger partial charge in [0.2, 0.25) is 0 Å². The highest BCUT2D eigenvalue weighted by molar-refractivity contribution is 5.50. The highest BCUT2D eigenvalue weighted by Crippen LogP contribution is 2.29. The zero-order valence-corrected chi connectivity index (χ0v) is 7.25. The Morgan fingerprint density at radius 3 is 2.57 bits per heavy atom. The monoisotopic (exact) mass is 202 g/mol. The van der Waals surface area contributed by atoms with Gasteiger partial charge in [-0.1, -0.05) is 24.3 Å². The van der Waals surface area contributed by atoms with Gasteiger partial charge in [-0.3, -0.25) is 0 Å². The number of aliphatic hydroxyl groups is 1. The molecule has 1 aromatic rings. The zero-order chi connectivity index (χ0) is 10.6. The van der Waals surface area contributed by atoms with Crippen LogP contribution < -0.4 is 0 Å². The molecule has 0 saturated carbocycles. The van der Waals surface area contributed by atoms with E-state index in [4.69, 9.17) is 5.11 Å². The van der Waals surface area contributed by atoms with E-state index in [1.54, 1.807) is 6.07 Å². The van der Waals surface area contributed by atoms with E-state index < -0.39 is 11.7 Å². The molecule has 0 amide bonds. The van der Waals surface area contributed by atoms with Crippen LogP contribution in [0.15, 0.2) is 30.3 Å². The topological polar surface area (TPSA) is 20.2 Å². The highest BCUT2D eigenvalue weighted by atomic mass is 19.4. The second-order valence-corrected chi connectivity index (χ2v) is 2.71. The SMILES string of the molecule is OC/C=C\c1cccc(C(F)(F)F)c1. The zero-order valence-electron chi connectivity index (χ0n) is 7.25. The predicted octanol–water partition coefficient (Wildman–Crippen LogP) is 2.71. The number of alkyl halides is 3. The fourth-order valence-electron chi connectivity index (χ4n) is 1.01. The fraction of sp³-hybridized carbons (Fsp3) is 0.200. The van der Waals surface area contributed by atoms with Gasteiger partial charge in [-0.2, -0.15) is 13.2 Å². The molecule has 0 aromatic heterocycles. The Morgan fingerprint density at radius 1 is 1.29 bits per heavy atom. The minimum atomic E-state index is -4.32. The van der Waals surface area contributed by atoms with Crippen molar-refractivity contribution >= 4 is 6.08 Å². The number of benzene rings is 1. The molecule has 0 spiro atoms. The van der Waals surface area contributed by atoms with Gasteiger partial charge in [0.05, 0.1) is 12.2 Å². The molecule has 0 bridgehead atoms. The summed E-state index contributed by atoms with van der Waals surface area (Å²) in [6.45, 7) is -0.184. The van der Waals surface area contributed by atoms with E-state index in [0.717, 1.165) is 12.1 Å². The number of hydrogen-bond acceptors (Lipinski definition) is 1. The Morgan fingerprint density at radius 2 is 2.00 bits per heavy atom. The van der Waals surface area contributed by atoms with E-state index >= 15 is 0 Å². The number of rotatable bonds is 2. The number of aliphatic hydroxyl groups excluding tert-OH is 1. The Balaban J connectivity index is 2.96.